The fraction of sp³-hybridized carbons (Fsp3) is 0.582. The number of benzene rings is 2. The van der Waals surface area contributed by atoms with Crippen molar-refractivity contribution in [3.63, 3.8) is 0 Å². The molecule has 1 aromatic heterocycles. The molecule has 1 saturated heterocycles. The summed E-state index contributed by atoms with van der Waals surface area (Å²) in [5, 5.41) is 56.6. The second-order valence-corrected chi connectivity index (χ2v) is 28.5. The van der Waals surface area contributed by atoms with Gasteiger partial charge in [0.25, 0.3) is 20.2 Å². The van der Waals surface area contributed by atoms with Gasteiger partial charge in [0.05, 0.1) is 29.9 Å². The van der Waals surface area contributed by atoms with Crippen LogP contribution in [-0.2, 0) is 74.6 Å². The third-order valence-electron chi connectivity index (χ3n) is 16.6. The van der Waals surface area contributed by atoms with E-state index in [9.17, 15) is 88.9 Å². The fourth-order valence-electron chi connectivity index (χ4n) is 11.2. The zero-order chi connectivity index (χ0) is 75.7. The summed E-state index contributed by atoms with van der Waals surface area (Å²) in [4.78, 5) is 164. The highest BCUT2D eigenvalue weighted by Gasteiger charge is 2.38. The average Bonchev–Trinajstić information content (AvgIpc) is 0.906. The zero-order valence-corrected chi connectivity index (χ0v) is 60.3. The van der Waals surface area contributed by atoms with Gasteiger partial charge < -0.3 is 79.3 Å². The molecular weight excluding hydrogens is 1370 g/mol. The Morgan fingerprint density at radius 1 is 0.627 bits per heavy atom. The van der Waals surface area contributed by atoms with E-state index in [1.807, 2.05) is 0 Å². The first-order valence-corrected chi connectivity index (χ1v) is 37.2. The van der Waals surface area contributed by atoms with E-state index in [-0.39, 0.29) is 76.3 Å². The molecule has 33 nitrogen and oxygen atoms in total. The molecule has 2 aromatic carbocycles. The average molecular weight is 1470 g/mol. The lowest BCUT2D eigenvalue weighted by Crippen LogP contribution is -2.60. The van der Waals surface area contributed by atoms with Crippen molar-refractivity contribution in [2.75, 3.05) is 71.7 Å². The van der Waals surface area contributed by atoms with Gasteiger partial charge in [0.2, 0.25) is 47.3 Å². The van der Waals surface area contributed by atoms with Gasteiger partial charge in [-0.05, 0) is 129 Å². The molecule has 3 aromatic rings. The molecular formula is C67H102N14O19S2. The minimum atomic E-state index is -4.58. The molecule has 12 atom stereocenters. The first-order chi connectivity index (χ1) is 48.2. The molecule has 17 N–H and O–H groups in total. The van der Waals surface area contributed by atoms with Crippen LogP contribution in [0.25, 0.3) is 11.3 Å². The summed E-state index contributed by atoms with van der Waals surface area (Å²) in [6.45, 7) is 7.06. The molecule has 2 heterocycles. The molecule has 0 saturated carbocycles. The summed E-state index contributed by atoms with van der Waals surface area (Å²) in [7, 11) is -6.08. The predicted molar refractivity (Wildman–Crippen MR) is 376 cm³/mol. The van der Waals surface area contributed by atoms with E-state index in [1.54, 1.807) is 88.5 Å². The van der Waals surface area contributed by atoms with Crippen LogP contribution in [0.15, 0.2) is 79.0 Å². The monoisotopic (exact) mass is 1470 g/mol. The van der Waals surface area contributed by atoms with E-state index in [1.165, 1.54) is 32.3 Å². The van der Waals surface area contributed by atoms with Gasteiger partial charge in [-0.15, -0.1) is 0 Å². The SMILES string of the molecule is CCNCC[C@@H]1NC(=O)[C@H](CC(C)C)CC(=O)[C@@H](Cc2ccccc2)NC(=O)[C@H](CCNC)NC(=O)[C@@H](NC(=O)[C@H](CNC)CC(=O)[C@@H](NC(=O)[C@H](CCNCS(=O)(=O)O)CC(=O)c2ccnc(-c3ccccc3)c2)[C@@H](C)O)CCNC(=O)[C@H]([C@@H](C)O)NC(=O)[C@H](CCNCS(=O)(=O)O)NC1=O. The van der Waals surface area contributed by atoms with Crippen LogP contribution < -0.4 is 69.1 Å². The van der Waals surface area contributed by atoms with Gasteiger partial charge in [0.1, 0.15) is 48.0 Å². The number of rotatable bonds is 36. The maximum absolute atomic E-state index is 14.9. The number of aliphatic hydroxyl groups excluding tert-OH is 2. The molecule has 1 fully saturated rings. The Morgan fingerprint density at radius 3 is 1.75 bits per heavy atom. The number of aromatic nitrogens is 1. The van der Waals surface area contributed by atoms with Crippen LogP contribution in [0.1, 0.15) is 108 Å². The van der Waals surface area contributed by atoms with Crippen molar-refractivity contribution in [3.05, 3.63) is 90.1 Å². The van der Waals surface area contributed by atoms with Crippen molar-refractivity contribution in [1.82, 2.24) is 74.1 Å². The lowest BCUT2D eigenvalue weighted by Gasteiger charge is -2.28. The van der Waals surface area contributed by atoms with Crippen molar-refractivity contribution in [2.24, 2.45) is 23.7 Å². The standard InChI is InChI=1S/C67H102N14O19S2/c1-8-70-27-22-50-63(90)78-51(23-28-72-39-102(98,99)100)66(93)81-59(42(5)83)67(94)74-30-24-52(64(91)77-49(21-25-68-6)65(92)79-54(32-43-15-11-9-12-16-43)56(85)35-47(31-40(2)3)61(88)75-50)76-62(89)48(37-69-7)36-57(86)58(41(4)82)80-60(87)46(19-26-71-38-101(95,96)97)34-55(84)45-20-29-73-53(33-45)44-17-13-10-14-18-44/h9-18,20,29,33,40-42,46-52,54,58-59,68-72,82-83H,8,19,21-28,30-32,34-39H2,1-7H3,(H,74,94)(H,75,88)(H,76,89)(H,77,91)(H,78,90)(H,79,92)(H,80,87)(H,81,93)(H,95,96,97)(H,98,99,100)/t41-,42-,46-,47-,48+,49+,50+,51+,52+,54-,58+,59+/m1/s1. The molecule has 1 aliphatic rings. The Labute approximate surface area is 595 Å². The minimum Gasteiger partial charge on any atom is -0.391 e. The van der Waals surface area contributed by atoms with Crippen LogP contribution in [0, 0.1) is 23.7 Å². The third-order valence-corrected chi connectivity index (χ3v) is 17.8. The molecule has 102 heavy (non-hydrogen) atoms. The van der Waals surface area contributed by atoms with Gasteiger partial charge in [-0.25, -0.2) is 0 Å². The molecule has 35 heteroatoms. The molecule has 4 rings (SSSR count). The Bertz CT molecular complexity index is 3500. The molecule has 0 aliphatic carbocycles. The van der Waals surface area contributed by atoms with Crippen molar-refractivity contribution < 1.29 is 88.9 Å². The Hall–Kier alpha value is -8.10. The molecule has 0 bridgehead atoms. The van der Waals surface area contributed by atoms with Crippen molar-refractivity contribution >= 4 is 84.8 Å². The van der Waals surface area contributed by atoms with Crippen LogP contribution >= 0.6 is 0 Å². The number of hydrogen-bond donors (Lipinski definition) is 17. The third kappa shape index (κ3) is 31.2. The van der Waals surface area contributed by atoms with E-state index < -0.39 is 208 Å². The second-order valence-electron chi connectivity index (χ2n) is 25.6. The lowest BCUT2D eigenvalue weighted by atomic mass is 9.88. The number of nitrogens with zero attached hydrogens (tertiary/aromatic N) is 1. The maximum Gasteiger partial charge on any atom is 0.278 e. The second kappa shape index (κ2) is 43.8. The number of carbonyl (C=O) groups is 11. The minimum absolute atomic E-state index is 0.0577. The molecule has 566 valence electrons. The van der Waals surface area contributed by atoms with Crippen LogP contribution in [0.5, 0.6) is 0 Å². The van der Waals surface area contributed by atoms with E-state index in [0.29, 0.717) is 23.4 Å². The van der Waals surface area contributed by atoms with E-state index in [2.05, 4.69) is 74.1 Å². The van der Waals surface area contributed by atoms with E-state index in [0.717, 1.165) is 6.92 Å². The number of aliphatic hydroxyl groups is 2. The number of nitrogens with one attached hydrogen (secondary N) is 13. The maximum atomic E-state index is 14.9. The van der Waals surface area contributed by atoms with Crippen molar-refractivity contribution in [3.8, 4) is 11.3 Å². The van der Waals surface area contributed by atoms with Gasteiger partial charge >= 0.3 is 0 Å². The number of Topliss-reactive ketones (excluding diaryl/α,β-unsaturated/α-hetero) is 3. The van der Waals surface area contributed by atoms with Crippen LogP contribution in [0.2, 0.25) is 0 Å². The van der Waals surface area contributed by atoms with Gasteiger partial charge in [0.15, 0.2) is 17.3 Å². The summed E-state index contributed by atoms with van der Waals surface area (Å²) >= 11 is 0. The quantitative estimate of drug-likeness (QED) is 0.0163. The van der Waals surface area contributed by atoms with Gasteiger partial charge in [-0.3, -0.25) is 66.8 Å². The van der Waals surface area contributed by atoms with Gasteiger partial charge in [-0.2, -0.15) is 16.8 Å². The molecule has 0 spiro atoms. The smallest absolute Gasteiger partial charge is 0.278 e. The number of carbonyl (C=O) groups excluding carboxylic acids is 11. The number of amides is 8. The zero-order valence-electron chi connectivity index (χ0n) is 58.6. The summed E-state index contributed by atoms with van der Waals surface area (Å²) in [5.74, 6) is -15.6. The number of pyridine rings is 1. The fourth-order valence-corrected chi connectivity index (χ4v) is 12.0. The summed E-state index contributed by atoms with van der Waals surface area (Å²) in [5.41, 5.74) is 1.89. The highest BCUT2D eigenvalue weighted by atomic mass is 32.2. The highest BCUT2D eigenvalue weighted by molar-refractivity contribution is 7.85. The van der Waals surface area contributed by atoms with Crippen LogP contribution in [0.4, 0.5) is 0 Å². The normalized spacial score (nSPS) is 21.1. The number of hydrogen-bond acceptors (Lipinski definition) is 23. The van der Waals surface area contributed by atoms with Crippen molar-refractivity contribution in [1.29, 1.82) is 0 Å². The Balaban J connectivity index is 1.78. The summed E-state index contributed by atoms with van der Waals surface area (Å²) < 4.78 is 65.1. The van der Waals surface area contributed by atoms with E-state index >= 15 is 0 Å². The predicted octanol–water partition coefficient (Wildman–Crippen LogP) is -2.47. The highest BCUT2D eigenvalue weighted by Crippen LogP contribution is 2.23. The first-order valence-electron chi connectivity index (χ1n) is 34.0. The largest absolute Gasteiger partial charge is 0.391 e. The first kappa shape index (κ1) is 86.3. The van der Waals surface area contributed by atoms with Crippen LogP contribution in [0.3, 0.4) is 0 Å². The van der Waals surface area contributed by atoms with E-state index in [4.69, 9.17) is 0 Å². The molecule has 0 unspecified atom stereocenters. The Kier molecular flexibility index (Phi) is 37.0. The molecule has 8 amide bonds. The summed E-state index contributed by atoms with van der Waals surface area (Å²) in [6.07, 6.45) is -4.93. The molecule has 1 aliphatic heterocycles. The van der Waals surface area contributed by atoms with Gasteiger partial charge in [-0.1, -0.05) is 81.4 Å². The van der Waals surface area contributed by atoms with Crippen molar-refractivity contribution in [2.45, 2.75) is 153 Å². The van der Waals surface area contributed by atoms with Crippen LogP contribution in [-0.4, -0.2) is 232 Å². The lowest BCUT2D eigenvalue weighted by molar-refractivity contribution is -0.136. The number of ketones is 3. The topological polar surface area (TPSA) is 506 Å². The van der Waals surface area contributed by atoms with Gasteiger partial charge in [0, 0.05) is 61.5 Å². The molecule has 0 radical (unpaired) electrons. The summed E-state index contributed by atoms with van der Waals surface area (Å²) in [6, 6.07) is 9.35. The Morgan fingerprint density at radius 2 is 1.19 bits per heavy atom.